The standard InChI is InChI=1S/C24H29N5O3S/c1-3-32-23(30)21-19(16-28-12-14-29(15-13-28)20-6-4-5-11-25-20)26-24(31)27-22(21)17-7-9-18(33-2)10-8-17/h4-11,22H,3,12-16H2,1-2H3,(H2,26,27,31). The topological polar surface area (TPSA) is 86.8 Å². The molecule has 0 spiro atoms. The molecule has 0 saturated carbocycles. The van der Waals surface area contributed by atoms with E-state index in [1.807, 2.05) is 48.7 Å². The Labute approximate surface area is 198 Å². The summed E-state index contributed by atoms with van der Waals surface area (Å²) < 4.78 is 5.38. The van der Waals surface area contributed by atoms with Gasteiger partial charge in [-0.3, -0.25) is 4.90 Å². The number of rotatable bonds is 7. The fourth-order valence-corrected chi connectivity index (χ4v) is 4.55. The molecular formula is C24H29N5O3S. The van der Waals surface area contributed by atoms with Gasteiger partial charge in [0.15, 0.2) is 0 Å². The minimum Gasteiger partial charge on any atom is -0.463 e. The number of carbonyl (C=O) groups excluding carboxylic acids is 2. The highest BCUT2D eigenvalue weighted by atomic mass is 32.2. The second-order valence-electron chi connectivity index (χ2n) is 7.87. The lowest BCUT2D eigenvalue weighted by Gasteiger charge is -2.37. The Balaban J connectivity index is 1.56. The highest BCUT2D eigenvalue weighted by Gasteiger charge is 2.34. The second kappa shape index (κ2) is 10.7. The maximum Gasteiger partial charge on any atom is 0.338 e. The van der Waals surface area contributed by atoms with Crippen molar-refractivity contribution >= 4 is 29.6 Å². The summed E-state index contributed by atoms with van der Waals surface area (Å²) in [5, 5.41) is 5.78. The number of anilines is 1. The average Bonchev–Trinajstić information content (AvgIpc) is 2.85. The number of hydrogen-bond acceptors (Lipinski definition) is 7. The zero-order chi connectivity index (χ0) is 23.2. The molecule has 0 bridgehead atoms. The van der Waals surface area contributed by atoms with E-state index in [9.17, 15) is 9.59 Å². The van der Waals surface area contributed by atoms with Gasteiger partial charge in [-0.1, -0.05) is 18.2 Å². The zero-order valence-electron chi connectivity index (χ0n) is 18.9. The minimum atomic E-state index is -0.557. The molecule has 1 aromatic heterocycles. The number of benzene rings is 1. The maximum absolute atomic E-state index is 13.0. The first-order valence-corrected chi connectivity index (χ1v) is 12.3. The number of ether oxygens (including phenoxy) is 1. The number of carbonyl (C=O) groups is 2. The van der Waals surface area contributed by atoms with Gasteiger partial charge < -0.3 is 20.3 Å². The fraction of sp³-hybridized carbons (Fsp3) is 0.375. The summed E-state index contributed by atoms with van der Waals surface area (Å²) in [6, 6.07) is 12.9. The number of urea groups is 1. The van der Waals surface area contributed by atoms with Crippen LogP contribution >= 0.6 is 11.8 Å². The van der Waals surface area contributed by atoms with Crippen LogP contribution in [0.25, 0.3) is 0 Å². The highest BCUT2D eigenvalue weighted by molar-refractivity contribution is 7.98. The molecule has 0 radical (unpaired) electrons. The van der Waals surface area contributed by atoms with Crippen molar-refractivity contribution in [3.63, 3.8) is 0 Å². The van der Waals surface area contributed by atoms with Gasteiger partial charge in [0.2, 0.25) is 0 Å². The molecule has 2 N–H and O–H groups in total. The predicted octanol–water partition coefficient (Wildman–Crippen LogP) is 2.80. The summed E-state index contributed by atoms with van der Waals surface area (Å²) in [6.45, 7) is 5.77. The van der Waals surface area contributed by atoms with Crippen LogP contribution in [0.1, 0.15) is 18.5 Å². The lowest BCUT2D eigenvalue weighted by atomic mass is 9.95. The van der Waals surface area contributed by atoms with E-state index in [1.54, 1.807) is 24.9 Å². The number of esters is 1. The van der Waals surface area contributed by atoms with E-state index in [2.05, 4.69) is 25.4 Å². The van der Waals surface area contributed by atoms with Crippen LogP contribution < -0.4 is 15.5 Å². The van der Waals surface area contributed by atoms with Crippen LogP contribution in [0.2, 0.25) is 0 Å². The second-order valence-corrected chi connectivity index (χ2v) is 8.75. The SMILES string of the molecule is CCOC(=O)C1=C(CN2CCN(c3ccccn3)CC2)NC(=O)NC1c1ccc(SC)cc1. The van der Waals surface area contributed by atoms with Crippen molar-refractivity contribution in [3.05, 3.63) is 65.5 Å². The molecule has 1 atom stereocenters. The van der Waals surface area contributed by atoms with Crippen LogP contribution in [0.3, 0.4) is 0 Å². The molecule has 2 amide bonds. The lowest BCUT2D eigenvalue weighted by molar-refractivity contribution is -0.139. The number of pyridine rings is 1. The normalized spacial score (nSPS) is 19.2. The van der Waals surface area contributed by atoms with Crippen LogP contribution in [0, 0.1) is 0 Å². The molecule has 1 aromatic carbocycles. The highest BCUT2D eigenvalue weighted by Crippen LogP contribution is 2.29. The number of hydrogen-bond donors (Lipinski definition) is 2. The Hall–Kier alpha value is -3.04. The van der Waals surface area contributed by atoms with Gasteiger partial charge in [0.1, 0.15) is 5.82 Å². The Morgan fingerprint density at radius 3 is 2.55 bits per heavy atom. The Kier molecular flexibility index (Phi) is 7.51. The molecule has 4 rings (SSSR count). The Bertz CT molecular complexity index is 1000. The van der Waals surface area contributed by atoms with Gasteiger partial charge in [-0.15, -0.1) is 11.8 Å². The molecule has 9 heteroatoms. The first-order valence-electron chi connectivity index (χ1n) is 11.1. The van der Waals surface area contributed by atoms with Crippen molar-refractivity contribution in [2.24, 2.45) is 0 Å². The summed E-state index contributed by atoms with van der Waals surface area (Å²) in [5.74, 6) is 0.554. The summed E-state index contributed by atoms with van der Waals surface area (Å²) in [4.78, 5) is 35.6. The minimum absolute atomic E-state index is 0.268. The molecule has 1 fully saturated rings. The Morgan fingerprint density at radius 2 is 1.91 bits per heavy atom. The third-order valence-corrected chi connectivity index (χ3v) is 6.57. The van der Waals surface area contributed by atoms with E-state index >= 15 is 0 Å². The predicted molar refractivity (Wildman–Crippen MR) is 129 cm³/mol. The number of amides is 2. The quantitative estimate of drug-likeness (QED) is 0.478. The molecule has 0 aliphatic carbocycles. The fourth-order valence-electron chi connectivity index (χ4n) is 4.14. The third kappa shape index (κ3) is 5.48. The molecule has 8 nitrogen and oxygen atoms in total. The molecule has 3 heterocycles. The van der Waals surface area contributed by atoms with E-state index < -0.39 is 12.0 Å². The molecule has 2 aliphatic rings. The Morgan fingerprint density at radius 1 is 1.15 bits per heavy atom. The van der Waals surface area contributed by atoms with Crippen molar-refractivity contribution in [2.45, 2.75) is 17.9 Å². The van der Waals surface area contributed by atoms with Crippen molar-refractivity contribution < 1.29 is 14.3 Å². The summed E-state index contributed by atoms with van der Waals surface area (Å²) in [7, 11) is 0. The number of piperazine rings is 1. The summed E-state index contributed by atoms with van der Waals surface area (Å²) in [5.41, 5.74) is 1.91. The molecule has 2 aliphatic heterocycles. The van der Waals surface area contributed by atoms with Crippen LogP contribution in [0.4, 0.5) is 10.6 Å². The van der Waals surface area contributed by atoms with E-state index in [1.165, 1.54) is 0 Å². The molecular weight excluding hydrogens is 438 g/mol. The maximum atomic E-state index is 13.0. The molecule has 2 aromatic rings. The van der Waals surface area contributed by atoms with Crippen LogP contribution in [0.5, 0.6) is 0 Å². The molecule has 1 unspecified atom stereocenters. The summed E-state index contributed by atoms with van der Waals surface area (Å²) in [6.07, 6.45) is 3.81. The van der Waals surface area contributed by atoms with Crippen molar-refractivity contribution in [3.8, 4) is 0 Å². The average molecular weight is 468 g/mol. The van der Waals surface area contributed by atoms with E-state index in [0.29, 0.717) is 17.8 Å². The smallest absolute Gasteiger partial charge is 0.338 e. The number of thioether (sulfide) groups is 1. The van der Waals surface area contributed by atoms with Gasteiger partial charge in [0.25, 0.3) is 0 Å². The zero-order valence-corrected chi connectivity index (χ0v) is 19.7. The monoisotopic (exact) mass is 467 g/mol. The molecule has 174 valence electrons. The lowest BCUT2D eigenvalue weighted by Crippen LogP contribution is -2.52. The molecule has 33 heavy (non-hydrogen) atoms. The van der Waals surface area contributed by atoms with E-state index in [-0.39, 0.29) is 12.6 Å². The first kappa shape index (κ1) is 23.1. The van der Waals surface area contributed by atoms with Crippen LogP contribution in [0.15, 0.2) is 64.8 Å². The van der Waals surface area contributed by atoms with Crippen molar-refractivity contribution in [2.75, 3.05) is 50.5 Å². The van der Waals surface area contributed by atoms with Gasteiger partial charge in [-0.2, -0.15) is 0 Å². The van der Waals surface area contributed by atoms with E-state index in [0.717, 1.165) is 42.5 Å². The first-order chi connectivity index (χ1) is 16.1. The largest absolute Gasteiger partial charge is 0.463 e. The van der Waals surface area contributed by atoms with Gasteiger partial charge in [0, 0.05) is 49.5 Å². The van der Waals surface area contributed by atoms with Crippen LogP contribution in [-0.4, -0.2) is 67.5 Å². The van der Waals surface area contributed by atoms with Gasteiger partial charge >= 0.3 is 12.0 Å². The molecule has 1 saturated heterocycles. The van der Waals surface area contributed by atoms with Gasteiger partial charge in [-0.05, 0) is 43.0 Å². The third-order valence-electron chi connectivity index (χ3n) is 5.83. The van der Waals surface area contributed by atoms with Gasteiger partial charge in [0.05, 0.1) is 18.2 Å². The van der Waals surface area contributed by atoms with E-state index in [4.69, 9.17) is 4.74 Å². The number of nitrogens with zero attached hydrogens (tertiary/aromatic N) is 3. The number of nitrogens with one attached hydrogen (secondary N) is 2. The van der Waals surface area contributed by atoms with Crippen molar-refractivity contribution in [1.29, 1.82) is 0 Å². The van der Waals surface area contributed by atoms with Crippen molar-refractivity contribution in [1.82, 2.24) is 20.5 Å². The van der Waals surface area contributed by atoms with Crippen LogP contribution in [-0.2, 0) is 9.53 Å². The number of aromatic nitrogens is 1. The van der Waals surface area contributed by atoms with Gasteiger partial charge in [-0.25, -0.2) is 14.6 Å². The summed E-state index contributed by atoms with van der Waals surface area (Å²) >= 11 is 1.64.